The molecule has 2 aromatic rings. The Bertz CT molecular complexity index is 508. The van der Waals surface area contributed by atoms with E-state index in [0.717, 1.165) is 11.1 Å². The van der Waals surface area contributed by atoms with Crippen molar-refractivity contribution in [3.63, 3.8) is 0 Å². The fraction of sp³-hybridized carbons (Fsp3) is 0.267. The zero-order valence-electron chi connectivity index (χ0n) is 11.0. The van der Waals surface area contributed by atoms with Gasteiger partial charge in [0.05, 0.1) is 12.5 Å². The molecule has 19 heavy (non-hydrogen) atoms. The van der Waals surface area contributed by atoms with Gasteiger partial charge in [-0.15, -0.1) is 0 Å². The lowest BCUT2D eigenvalue weighted by molar-refractivity contribution is -0.133. The number of nitrogens with zero attached hydrogens (tertiary/aromatic N) is 1. The largest absolute Gasteiger partial charge is 0.472 e. The van der Waals surface area contributed by atoms with Crippen molar-refractivity contribution in [3.8, 4) is 0 Å². The van der Waals surface area contributed by atoms with Gasteiger partial charge in [0.25, 0.3) is 0 Å². The molecule has 4 heteroatoms. The van der Waals surface area contributed by atoms with Crippen molar-refractivity contribution in [2.24, 2.45) is 5.73 Å². The number of benzene rings is 1. The highest BCUT2D eigenvalue weighted by Crippen LogP contribution is 2.15. The van der Waals surface area contributed by atoms with E-state index in [1.807, 2.05) is 43.3 Å². The van der Waals surface area contributed by atoms with Crippen molar-refractivity contribution in [1.29, 1.82) is 0 Å². The van der Waals surface area contributed by atoms with Crippen LogP contribution < -0.4 is 5.73 Å². The van der Waals surface area contributed by atoms with Crippen LogP contribution in [0.5, 0.6) is 0 Å². The second-order valence-electron chi connectivity index (χ2n) is 4.37. The van der Waals surface area contributed by atoms with Gasteiger partial charge in [0.1, 0.15) is 6.04 Å². The second-order valence-corrected chi connectivity index (χ2v) is 4.37. The summed E-state index contributed by atoms with van der Waals surface area (Å²) in [7, 11) is 0. The first-order valence-corrected chi connectivity index (χ1v) is 6.32. The summed E-state index contributed by atoms with van der Waals surface area (Å²) in [6, 6.07) is 10.6. The fourth-order valence-electron chi connectivity index (χ4n) is 1.95. The van der Waals surface area contributed by atoms with Crippen molar-refractivity contribution < 1.29 is 9.21 Å². The van der Waals surface area contributed by atoms with E-state index < -0.39 is 6.04 Å². The molecule has 1 heterocycles. The lowest BCUT2D eigenvalue weighted by atomic mass is 10.1. The minimum absolute atomic E-state index is 0.0742. The summed E-state index contributed by atoms with van der Waals surface area (Å²) in [5, 5.41) is 0. The van der Waals surface area contributed by atoms with E-state index >= 15 is 0 Å². The standard InChI is InChI=1S/C15H18N2O2/c1-2-17(10-12-8-9-19-11-12)15(18)14(16)13-6-4-3-5-7-13/h3-9,11,14H,2,10,16H2,1H3/t14-/m1/s1. The van der Waals surface area contributed by atoms with Gasteiger partial charge >= 0.3 is 0 Å². The van der Waals surface area contributed by atoms with Gasteiger partial charge in [-0.1, -0.05) is 30.3 Å². The third kappa shape index (κ3) is 3.23. The summed E-state index contributed by atoms with van der Waals surface area (Å²) < 4.78 is 5.02. The van der Waals surface area contributed by atoms with Crippen LogP contribution in [0, 0.1) is 0 Å². The predicted molar refractivity (Wildman–Crippen MR) is 73.2 cm³/mol. The Morgan fingerprint density at radius 1 is 1.32 bits per heavy atom. The van der Waals surface area contributed by atoms with Crippen LogP contribution in [0.3, 0.4) is 0 Å². The first-order chi connectivity index (χ1) is 9.22. The van der Waals surface area contributed by atoms with Crippen LogP contribution >= 0.6 is 0 Å². The minimum Gasteiger partial charge on any atom is -0.472 e. The number of likely N-dealkylation sites (N-methyl/N-ethyl adjacent to an activating group) is 1. The Kier molecular flexibility index (Phi) is 4.36. The first-order valence-electron chi connectivity index (χ1n) is 6.32. The molecule has 0 aliphatic carbocycles. The van der Waals surface area contributed by atoms with Crippen LogP contribution in [0.15, 0.2) is 53.3 Å². The van der Waals surface area contributed by atoms with Crippen molar-refractivity contribution in [3.05, 3.63) is 60.1 Å². The quantitative estimate of drug-likeness (QED) is 0.895. The number of carbonyl (C=O) groups is 1. The van der Waals surface area contributed by atoms with Gasteiger partial charge in [-0.25, -0.2) is 0 Å². The molecule has 1 amide bonds. The van der Waals surface area contributed by atoms with Crippen molar-refractivity contribution >= 4 is 5.91 Å². The zero-order valence-corrected chi connectivity index (χ0v) is 11.0. The molecule has 0 fully saturated rings. The van der Waals surface area contributed by atoms with Gasteiger partial charge in [0, 0.05) is 18.7 Å². The Balaban J connectivity index is 2.08. The molecule has 2 rings (SSSR count). The molecule has 0 unspecified atom stereocenters. The number of hydrogen-bond donors (Lipinski definition) is 1. The van der Waals surface area contributed by atoms with E-state index in [1.165, 1.54) is 0 Å². The average Bonchev–Trinajstić information content (AvgIpc) is 2.97. The Hall–Kier alpha value is -2.07. The normalized spacial score (nSPS) is 12.1. The smallest absolute Gasteiger partial charge is 0.244 e. The molecular formula is C15H18N2O2. The van der Waals surface area contributed by atoms with Gasteiger partial charge in [0.2, 0.25) is 5.91 Å². The van der Waals surface area contributed by atoms with E-state index in [-0.39, 0.29) is 5.91 Å². The average molecular weight is 258 g/mol. The van der Waals surface area contributed by atoms with Crippen LogP contribution in [-0.2, 0) is 11.3 Å². The third-order valence-electron chi connectivity index (χ3n) is 3.07. The van der Waals surface area contributed by atoms with E-state index in [0.29, 0.717) is 13.1 Å². The number of hydrogen-bond acceptors (Lipinski definition) is 3. The summed E-state index contributed by atoms with van der Waals surface area (Å²) in [5.74, 6) is -0.0742. The van der Waals surface area contributed by atoms with Crippen LogP contribution in [0.4, 0.5) is 0 Å². The number of nitrogens with two attached hydrogens (primary N) is 1. The van der Waals surface area contributed by atoms with Crippen LogP contribution in [0.25, 0.3) is 0 Å². The molecule has 0 radical (unpaired) electrons. The molecule has 2 N–H and O–H groups in total. The molecule has 0 saturated carbocycles. The lowest BCUT2D eigenvalue weighted by Gasteiger charge is -2.24. The molecular weight excluding hydrogens is 240 g/mol. The number of furan rings is 1. The first kappa shape index (κ1) is 13.4. The van der Waals surface area contributed by atoms with Crippen molar-refractivity contribution in [2.75, 3.05) is 6.54 Å². The van der Waals surface area contributed by atoms with E-state index in [4.69, 9.17) is 10.2 Å². The van der Waals surface area contributed by atoms with Gasteiger partial charge < -0.3 is 15.1 Å². The predicted octanol–water partition coefficient (Wildman–Crippen LogP) is 2.33. The molecule has 0 aliphatic rings. The summed E-state index contributed by atoms with van der Waals surface area (Å²) >= 11 is 0. The van der Waals surface area contributed by atoms with E-state index in [9.17, 15) is 4.79 Å². The van der Waals surface area contributed by atoms with Crippen molar-refractivity contribution in [1.82, 2.24) is 4.90 Å². The maximum Gasteiger partial charge on any atom is 0.244 e. The van der Waals surface area contributed by atoms with Gasteiger partial charge in [0.15, 0.2) is 0 Å². The molecule has 4 nitrogen and oxygen atoms in total. The van der Waals surface area contributed by atoms with Gasteiger partial charge in [-0.05, 0) is 18.6 Å². The van der Waals surface area contributed by atoms with Gasteiger partial charge in [-0.3, -0.25) is 4.79 Å². The summed E-state index contributed by atoms with van der Waals surface area (Å²) in [5.41, 5.74) is 7.83. The molecule has 1 aromatic carbocycles. The zero-order chi connectivity index (χ0) is 13.7. The summed E-state index contributed by atoms with van der Waals surface area (Å²) in [6.07, 6.45) is 3.24. The Morgan fingerprint density at radius 2 is 2.05 bits per heavy atom. The third-order valence-corrected chi connectivity index (χ3v) is 3.07. The maximum atomic E-state index is 12.4. The van der Waals surface area contributed by atoms with Crippen LogP contribution in [0.2, 0.25) is 0 Å². The molecule has 1 aromatic heterocycles. The Morgan fingerprint density at radius 3 is 2.63 bits per heavy atom. The van der Waals surface area contributed by atoms with E-state index in [2.05, 4.69) is 0 Å². The van der Waals surface area contributed by atoms with Crippen molar-refractivity contribution in [2.45, 2.75) is 19.5 Å². The summed E-state index contributed by atoms with van der Waals surface area (Å²) in [4.78, 5) is 14.1. The highest BCUT2D eigenvalue weighted by Gasteiger charge is 2.21. The topological polar surface area (TPSA) is 59.5 Å². The maximum absolute atomic E-state index is 12.4. The highest BCUT2D eigenvalue weighted by atomic mass is 16.3. The summed E-state index contributed by atoms with van der Waals surface area (Å²) in [6.45, 7) is 3.08. The fourth-order valence-corrected chi connectivity index (χ4v) is 1.95. The highest BCUT2D eigenvalue weighted by molar-refractivity contribution is 5.83. The number of amides is 1. The number of carbonyl (C=O) groups excluding carboxylic acids is 1. The second kappa shape index (κ2) is 6.20. The van der Waals surface area contributed by atoms with Crippen LogP contribution in [-0.4, -0.2) is 17.4 Å². The van der Waals surface area contributed by atoms with Gasteiger partial charge in [-0.2, -0.15) is 0 Å². The monoisotopic (exact) mass is 258 g/mol. The molecule has 0 bridgehead atoms. The van der Waals surface area contributed by atoms with E-state index in [1.54, 1.807) is 17.4 Å². The molecule has 1 atom stereocenters. The minimum atomic E-state index is -0.618. The molecule has 0 spiro atoms. The SMILES string of the molecule is CCN(Cc1ccoc1)C(=O)[C@H](N)c1ccccc1. The van der Waals surface area contributed by atoms with Crippen LogP contribution in [0.1, 0.15) is 24.1 Å². The Labute approximate surface area is 112 Å². The number of rotatable bonds is 5. The molecule has 0 aliphatic heterocycles. The lowest BCUT2D eigenvalue weighted by Crippen LogP contribution is -2.37. The molecule has 0 saturated heterocycles. The molecule has 100 valence electrons.